The van der Waals surface area contributed by atoms with Gasteiger partial charge in [-0.15, -0.1) is 0 Å². The van der Waals surface area contributed by atoms with Crippen molar-refractivity contribution in [3.8, 4) is 0 Å². The van der Waals surface area contributed by atoms with Crippen molar-refractivity contribution in [2.75, 3.05) is 7.05 Å². The van der Waals surface area contributed by atoms with E-state index in [-0.39, 0.29) is 0 Å². The molecule has 1 rings (SSSR count). The number of allylic oxidation sites excluding steroid dienone is 3. The predicted molar refractivity (Wildman–Crippen MR) is 95.5 cm³/mol. The van der Waals surface area contributed by atoms with E-state index in [1.807, 2.05) is 13.2 Å². The van der Waals surface area contributed by atoms with Crippen LogP contribution in [0.3, 0.4) is 0 Å². The summed E-state index contributed by atoms with van der Waals surface area (Å²) in [4.78, 5) is 2.10. The first-order chi connectivity index (χ1) is 10.1. The molecule has 0 heterocycles. The van der Waals surface area contributed by atoms with Crippen molar-refractivity contribution in [1.29, 1.82) is 0 Å². The lowest BCUT2D eigenvalue weighted by atomic mass is 9.79. The van der Waals surface area contributed by atoms with E-state index in [9.17, 15) is 0 Å². The van der Waals surface area contributed by atoms with Gasteiger partial charge >= 0.3 is 0 Å². The fraction of sp³-hybridized carbons (Fsp3) is 0.684. The van der Waals surface area contributed by atoms with Gasteiger partial charge in [-0.1, -0.05) is 70.2 Å². The molecule has 2 heteroatoms. The summed E-state index contributed by atoms with van der Waals surface area (Å²) in [5.74, 6) is 1.70. The highest BCUT2D eigenvalue weighted by atomic mass is 35.5. The fourth-order valence-corrected chi connectivity index (χ4v) is 3.42. The molecule has 1 nitrogen and oxygen atoms in total. The molecule has 1 saturated carbocycles. The van der Waals surface area contributed by atoms with Crippen molar-refractivity contribution >= 4 is 11.6 Å². The first-order valence-corrected chi connectivity index (χ1v) is 8.84. The van der Waals surface area contributed by atoms with Gasteiger partial charge in [-0.05, 0) is 43.0 Å². The smallest absolute Gasteiger partial charge is 0.0478 e. The molecule has 1 aliphatic carbocycles. The van der Waals surface area contributed by atoms with E-state index in [1.54, 1.807) is 0 Å². The minimum absolute atomic E-state index is 0.329. The Morgan fingerprint density at radius 1 is 1.33 bits per heavy atom. The molecule has 0 aromatic heterocycles. The zero-order valence-electron chi connectivity index (χ0n) is 14.0. The van der Waals surface area contributed by atoms with Crippen LogP contribution in [0.4, 0.5) is 0 Å². The maximum absolute atomic E-state index is 6.34. The zero-order valence-corrected chi connectivity index (χ0v) is 14.8. The van der Waals surface area contributed by atoms with E-state index in [1.165, 1.54) is 32.1 Å². The molecule has 21 heavy (non-hydrogen) atoms. The van der Waals surface area contributed by atoms with Crippen molar-refractivity contribution in [3.63, 3.8) is 0 Å². The predicted octanol–water partition coefficient (Wildman–Crippen LogP) is 6.13. The first-order valence-electron chi connectivity index (χ1n) is 8.46. The van der Waals surface area contributed by atoms with Crippen LogP contribution in [0.2, 0.25) is 0 Å². The van der Waals surface area contributed by atoms with Gasteiger partial charge in [-0.3, -0.25) is 0 Å². The maximum atomic E-state index is 6.34. The molecule has 0 aliphatic heterocycles. The van der Waals surface area contributed by atoms with E-state index < -0.39 is 0 Å². The van der Waals surface area contributed by atoms with Crippen molar-refractivity contribution in [2.24, 2.45) is 11.8 Å². The van der Waals surface area contributed by atoms with Crippen LogP contribution in [0.5, 0.6) is 0 Å². The minimum Gasteiger partial charge on any atom is -0.375 e. The molecular weight excluding hydrogens is 278 g/mol. The summed E-state index contributed by atoms with van der Waals surface area (Å²) in [7, 11) is 2.04. The molecule has 0 bridgehead atoms. The molecule has 0 saturated heterocycles. The highest BCUT2D eigenvalue weighted by molar-refractivity contribution is 6.31. The zero-order chi connectivity index (χ0) is 15.7. The number of halogens is 1. The van der Waals surface area contributed by atoms with E-state index in [0.717, 1.165) is 29.7 Å². The van der Waals surface area contributed by atoms with Crippen LogP contribution >= 0.6 is 11.6 Å². The lowest BCUT2D eigenvalue weighted by Crippen LogP contribution is -2.23. The average Bonchev–Trinajstić information content (AvgIpc) is 2.52. The molecular formula is C19H32ClN. The molecule has 0 aromatic rings. The Labute approximate surface area is 136 Å². The topological polar surface area (TPSA) is 3.24 Å². The Balaban J connectivity index is 2.44. The average molecular weight is 310 g/mol. The summed E-state index contributed by atoms with van der Waals surface area (Å²) >= 11 is 6.34. The SMILES string of the molecule is C=CN(C)C(/C=C(Cl)\C=C\CC(C)C1CCCCC1)CC. The largest absolute Gasteiger partial charge is 0.375 e. The molecule has 120 valence electrons. The van der Waals surface area contributed by atoms with Crippen LogP contribution in [-0.4, -0.2) is 18.0 Å². The molecule has 1 aliphatic rings. The Bertz CT molecular complexity index is 353. The van der Waals surface area contributed by atoms with Gasteiger partial charge in [0.15, 0.2) is 0 Å². The lowest BCUT2D eigenvalue weighted by molar-refractivity contribution is 0.265. The Hall–Kier alpha value is -0.690. The van der Waals surface area contributed by atoms with Crippen molar-refractivity contribution in [3.05, 3.63) is 36.0 Å². The maximum Gasteiger partial charge on any atom is 0.0478 e. The third kappa shape index (κ3) is 6.74. The second-order valence-corrected chi connectivity index (χ2v) is 6.83. The quantitative estimate of drug-likeness (QED) is 0.488. The van der Waals surface area contributed by atoms with Crippen LogP contribution in [-0.2, 0) is 0 Å². The number of hydrogen-bond acceptors (Lipinski definition) is 1. The van der Waals surface area contributed by atoms with Crippen LogP contribution < -0.4 is 0 Å². The Morgan fingerprint density at radius 3 is 2.57 bits per heavy atom. The summed E-state index contributed by atoms with van der Waals surface area (Å²) in [6.07, 6.45) is 17.6. The summed E-state index contributed by atoms with van der Waals surface area (Å²) < 4.78 is 0. The molecule has 0 radical (unpaired) electrons. The highest BCUT2D eigenvalue weighted by Gasteiger charge is 2.18. The molecule has 2 atom stereocenters. The van der Waals surface area contributed by atoms with Crippen LogP contribution in [0.15, 0.2) is 36.0 Å². The summed E-state index contributed by atoms with van der Waals surface area (Å²) in [6.45, 7) is 8.36. The fourth-order valence-electron chi connectivity index (χ4n) is 3.19. The molecule has 0 aromatic carbocycles. The molecule has 0 amide bonds. The van der Waals surface area contributed by atoms with Crippen LogP contribution in [0, 0.1) is 11.8 Å². The van der Waals surface area contributed by atoms with Gasteiger partial charge in [-0.25, -0.2) is 0 Å². The van der Waals surface area contributed by atoms with E-state index in [4.69, 9.17) is 11.6 Å². The summed E-state index contributed by atoms with van der Waals surface area (Å²) in [5.41, 5.74) is 0. The minimum atomic E-state index is 0.329. The second-order valence-electron chi connectivity index (χ2n) is 6.39. The first kappa shape index (κ1) is 18.4. The van der Waals surface area contributed by atoms with Crippen LogP contribution in [0.1, 0.15) is 58.8 Å². The summed E-state index contributed by atoms with van der Waals surface area (Å²) in [5, 5.41) is 0.839. The van der Waals surface area contributed by atoms with Crippen LogP contribution in [0.25, 0.3) is 0 Å². The number of rotatable bonds is 8. The molecule has 1 fully saturated rings. The third-order valence-corrected chi connectivity index (χ3v) is 5.07. The number of nitrogens with zero attached hydrogens (tertiary/aromatic N) is 1. The van der Waals surface area contributed by atoms with Gasteiger partial charge in [0.05, 0.1) is 0 Å². The normalized spacial score (nSPS) is 20.5. The highest BCUT2D eigenvalue weighted by Crippen LogP contribution is 2.31. The van der Waals surface area contributed by atoms with Gasteiger partial charge in [0.2, 0.25) is 0 Å². The Morgan fingerprint density at radius 2 is 2.00 bits per heavy atom. The molecule has 2 unspecified atom stereocenters. The standard InChI is InChI=1S/C19H32ClN/c1-5-19(21(4)6-2)15-18(20)14-10-11-16(3)17-12-8-7-9-13-17/h6,10,14-17,19H,2,5,7-9,11-13H2,1,3-4H3/b14-10+,18-15+. The third-order valence-electron chi connectivity index (χ3n) is 4.82. The van der Waals surface area contributed by atoms with E-state index in [0.29, 0.717) is 6.04 Å². The van der Waals surface area contributed by atoms with E-state index >= 15 is 0 Å². The van der Waals surface area contributed by atoms with E-state index in [2.05, 4.69) is 43.6 Å². The molecule has 0 spiro atoms. The van der Waals surface area contributed by atoms with Gasteiger partial charge < -0.3 is 4.90 Å². The molecule has 0 N–H and O–H groups in total. The van der Waals surface area contributed by atoms with Gasteiger partial charge in [0, 0.05) is 18.1 Å². The van der Waals surface area contributed by atoms with Gasteiger partial charge in [-0.2, -0.15) is 0 Å². The summed E-state index contributed by atoms with van der Waals surface area (Å²) in [6, 6.07) is 0.329. The van der Waals surface area contributed by atoms with Gasteiger partial charge in [0.1, 0.15) is 0 Å². The van der Waals surface area contributed by atoms with Crippen molar-refractivity contribution in [2.45, 2.75) is 64.8 Å². The lowest BCUT2D eigenvalue weighted by Gasteiger charge is -2.26. The second kappa shape index (κ2) is 10.1. The number of hydrogen-bond donors (Lipinski definition) is 0. The monoisotopic (exact) mass is 309 g/mol. The van der Waals surface area contributed by atoms with Gasteiger partial charge in [0.25, 0.3) is 0 Å². The van der Waals surface area contributed by atoms with Crippen molar-refractivity contribution < 1.29 is 0 Å². The van der Waals surface area contributed by atoms with Crippen molar-refractivity contribution in [1.82, 2.24) is 4.90 Å². The number of likely N-dealkylation sites (N-methyl/N-ethyl adjacent to an activating group) is 1. The Kier molecular flexibility index (Phi) is 8.84.